The number of benzene rings is 1. The fourth-order valence-electron chi connectivity index (χ4n) is 1.77. The molecule has 0 atom stereocenters. The number of carbonyl (C=O) groups excluding carboxylic acids is 1. The molecule has 0 aliphatic carbocycles. The lowest BCUT2D eigenvalue weighted by molar-refractivity contribution is -0.858. The molecule has 0 aliphatic rings. The zero-order chi connectivity index (χ0) is 18.4. The lowest BCUT2D eigenvalue weighted by Gasteiger charge is -2.08. The van der Waals surface area contributed by atoms with Crippen molar-refractivity contribution >= 4 is 13.9 Å². The van der Waals surface area contributed by atoms with Crippen molar-refractivity contribution in [3.63, 3.8) is 0 Å². The van der Waals surface area contributed by atoms with Gasteiger partial charge in [0.1, 0.15) is 0 Å². The summed E-state index contributed by atoms with van der Waals surface area (Å²) in [5.41, 5.74) is 1.28. The predicted molar refractivity (Wildman–Crippen MR) is 88.5 cm³/mol. The van der Waals surface area contributed by atoms with Crippen LogP contribution in [-0.4, -0.2) is 49.7 Å². The molecule has 0 aromatic heterocycles. The van der Waals surface area contributed by atoms with Crippen LogP contribution in [0.2, 0.25) is 0 Å². The minimum absolute atomic E-state index is 0.304. The summed E-state index contributed by atoms with van der Waals surface area (Å²) in [5.74, 6) is 0. The number of nitrogens with one attached hydrogen (secondary N) is 2. The fraction of sp³-hybridized carbons (Fsp3) is 0.533. The summed E-state index contributed by atoms with van der Waals surface area (Å²) in [6.45, 7) is 2.21. The molecule has 138 valence electrons. The number of alkyl carbamates (subject to hydrolysis) is 1. The summed E-state index contributed by atoms with van der Waals surface area (Å²) in [7, 11) is -0.691. The maximum Gasteiger partial charge on any atom is 0.407 e. The van der Waals surface area contributed by atoms with Gasteiger partial charge in [0.25, 0.3) is 7.82 Å². The maximum absolute atomic E-state index is 11.4. The van der Waals surface area contributed by atoms with Crippen LogP contribution in [0.3, 0.4) is 0 Å². The van der Waals surface area contributed by atoms with E-state index in [4.69, 9.17) is 24.0 Å². The summed E-state index contributed by atoms with van der Waals surface area (Å²) in [6, 6.07) is 10.2. The fourth-order valence-corrected chi connectivity index (χ4v) is 1.77. The lowest BCUT2D eigenvalue weighted by atomic mass is 10.1. The zero-order valence-electron chi connectivity index (χ0n) is 14.1. The number of ether oxygens (including phenoxy) is 1. The van der Waals surface area contributed by atoms with Crippen LogP contribution in [0.5, 0.6) is 0 Å². The van der Waals surface area contributed by atoms with Crippen LogP contribution in [0.15, 0.2) is 30.3 Å². The third-order valence-electron chi connectivity index (χ3n) is 2.81. The number of aryl methyl sites for hydroxylation is 1. The van der Waals surface area contributed by atoms with E-state index in [0.717, 1.165) is 25.8 Å². The molecule has 1 aromatic rings. The molecule has 0 unspecified atom stereocenters. The van der Waals surface area contributed by atoms with Crippen LogP contribution in [0.1, 0.15) is 18.4 Å². The second-order valence-corrected chi connectivity index (χ2v) is 6.43. The third-order valence-corrected chi connectivity index (χ3v) is 2.81. The molecule has 0 spiro atoms. The van der Waals surface area contributed by atoms with Gasteiger partial charge in [-0.15, -0.1) is 0 Å². The molecule has 0 heterocycles. The highest BCUT2D eigenvalue weighted by atomic mass is 31.2. The molecular formula is C15H27N2O6P. The van der Waals surface area contributed by atoms with Gasteiger partial charge in [-0.1, -0.05) is 30.3 Å². The number of amides is 1. The first kappa shape index (κ1) is 22.6. The van der Waals surface area contributed by atoms with Gasteiger partial charge in [0.05, 0.1) is 27.2 Å². The highest BCUT2D eigenvalue weighted by Crippen LogP contribution is 2.18. The molecule has 0 saturated heterocycles. The van der Waals surface area contributed by atoms with E-state index in [1.54, 1.807) is 0 Å². The molecule has 0 radical (unpaired) electrons. The average Bonchev–Trinajstić information content (AvgIpc) is 2.47. The smallest absolute Gasteiger partial charge is 0.407 e. The van der Waals surface area contributed by atoms with Crippen molar-refractivity contribution in [2.45, 2.75) is 19.3 Å². The Hall–Kier alpha value is -1.44. The van der Waals surface area contributed by atoms with Crippen molar-refractivity contribution in [3.8, 4) is 0 Å². The van der Waals surface area contributed by atoms with E-state index in [-0.39, 0.29) is 6.09 Å². The van der Waals surface area contributed by atoms with E-state index in [0.29, 0.717) is 13.2 Å². The number of rotatable bonds is 8. The third kappa shape index (κ3) is 18.6. The molecule has 1 amide bonds. The second-order valence-electron chi connectivity index (χ2n) is 5.45. The van der Waals surface area contributed by atoms with E-state index in [1.807, 2.05) is 18.2 Å². The molecule has 8 nitrogen and oxygen atoms in total. The summed E-state index contributed by atoms with van der Waals surface area (Å²) >= 11 is 0. The van der Waals surface area contributed by atoms with Gasteiger partial charge in [0.15, 0.2) is 0 Å². The molecule has 9 heteroatoms. The van der Waals surface area contributed by atoms with Gasteiger partial charge in [-0.2, -0.15) is 0 Å². The first-order valence-electron chi connectivity index (χ1n) is 7.68. The first-order chi connectivity index (χ1) is 11.2. The van der Waals surface area contributed by atoms with E-state index in [2.05, 4.69) is 31.5 Å². The summed E-state index contributed by atoms with van der Waals surface area (Å²) in [4.78, 5) is 35.7. The maximum atomic E-state index is 11.4. The van der Waals surface area contributed by atoms with Gasteiger partial charge in [0, 0.05) is 13.0 Å². The Kier molecular flexibility index (Phi) is 12.1. The van der Waals surface area contributed by atoms with E-state index >= 15 is 0 Å². The van der Waals surface area contributed by atoms with E-state index < -0.39 is 7.82 Å². The number of phosphoric acid groups is 1. The predicted octanol–water partition coefficient (Wildman–Crippen LogP) is -0.681. The zero-order valence-corrected chi connectivity index (χ0v) is 15.0. The Morgan fingerprint density at radius 3 is 2.38 bits per heavy atom. The monoisotopic (exact) mass is 362 g/mol. The Balaban J connectivity index is 0.000000922. The average molecular weight is 362 g/mol. The largest absolute Gasteiger partial charge is 0.756 e. The molecule has 0 fully saturated rings. The van der Waals surface area contributed by atoms with Crippen molar-refractivity contribution in [2.24, 2.45) is 0 Å². The topological polar surface area (TPSA) is 123 Å². The molecule has 0 bridgehead atoms. The van der Waals surface area contributed by atoms with Crippen molar-refractivity contribution in [3.05, 3.63) is 35.9 Å². The molecule has 0 saturated carbocycles. The van der Waals surface area contributed by atoms with Crippen LogP contribution >= 0.6 is 7.82 Å². The number of hydrogen-bond acceptors (Lipinski definition) is 4. The van der Waals surface area contributed by atoms with Gasteiger partial charge in [-0.25, -0.2) is 4.79 Å². The lowest BCUT2D eigenvalue weighted by Crippen LogP contribution is -3.05. The van der Waals surface area contributed by atoms with Gasteiger partial charge in [0.2, 0.25) is 0 Å². The van der Waals surface area contributed by atoms with Crippen LogP contribution in [-0.2, 0) is 15.7 Å². The number of carbonyl (C=O) groups is 1. The Labute approximate surface area is 142 Å². The SMILES string of the molecule is C[NH+](C)CCCNC(=O)OCCCc1ccccc1.O=P([O-])(O)O. The Morgan fingerprint density at radius 2 is 1.83 bits per heavy atom. The van der Waals surface area contributed by atoms with Crippen molar-refractivity contribution < 1.29 is 33.7 Å². The molecule has 1 rings (SSSR count). The quantitative estimate of drug-likeness (QED) is 0.359. The Morgan fingerprint density at radius 1 is 1.25 bits per heavy atom. The van der Waals surface area contributed by atoms with Crippen molar-refractivity contribution in [1.29, 1.82) is 0 Å². The van der Waals surface area contributed by atoms with Crippen LogP contribution in [0.25, 0.3) is 0 Å². The summed E-state index contributed by atoms with van der Waals surface area (Å²) < 4.78 is 13.9. The summed E-state index contributed by atoms with van der Waals surface area (Å²) in [5, 5.41) is 2.76. The van der Waals surface area contributed by atoms with E-state index in [9.17, 15) is 4.79 Å². The van der Waals surface area contributed by atoms with Crippen LogP contribution < -0.4 is 15.1 Å². The number of hydrogen-bond donors (Lipinski definition) is 4. The standard InChI is InChI=1S/C15H24N2O2.H3O4P/c1-17(2)12-7-11-16-15(18)19-13-6-10-14-8-4-3-5-9-14;1-5(2,3)4/h3-5,8-9H,6-7,10-13H2,1-2H3,(H,16,18);(H3,1,2,3,4). The second kappa shape index (κ2) is 12.9. The Bertz CT molecular complexity index is 484. The number of quaternary nitrogens is 1. The minimum Gasteiger partial charge on any atom is -0.756 e. The van der Waals surface area contributed by atoms with Crippen molar-refractivity contribution in [1.82, 2.24) is 5.32 Å². The van der Waals surface area contributed by atoms with Crippen LogP contribution in [0, 0.1) is 0 Å². The summed E-state index contributed by atoms with van der Waals surface area (Å²) in [6.07, 6.45) is 2.47. The molecular weight excluding hydrogens is 335 g/mol. The highest BCUT2D eigenvalue weighted by Gasteiger charge is 2.01. The van der Waals surface area contributed by atoms with Crippen LogP contribution in [0.4, 0.5) is 4.79 Å². The first-order valence-corrected chi connectivity index (χ1v) is 9.21. The molecule has 0 aliphatic heterocycles. The van der Waals surface area contributed by atoms with Gasteiger partial charge in [-0.3, -0.25) is 4.57 Å². The van der Waals surface area contributed by atoms with E-state index in [1.165, 1.54) is 10.5 Å². The van der Waals surface area contributed by atoms with Gasteiger partial charge in [-0.05, 0) is 18.4 Å². The highest BCUT2D eigenvalue weighted by molar-refractivity contribution is 7.43. The minimum atomic E-state index is -4.89. The molecule has 1 aromatic carbocycles. The molecule has 24 heavy (non-hydrogen) atoms. The van der Waals surface area contributed by atoms with Gasteiger partial charge < -0.3 is 29.6 Å². The normalized spacial score (nSPS) is 10.8. The van der Waals surface area contributed by atoms with Crippen molar-refractivity contribution in [2.75, 3.05) is 33.8 Å². The van der Waals surface area contributed by atoms with Gasteiger partial charge >= 0.3 is 6.09 Å². The molecule has 4 N–H and O–H groups in total.